The molecule has 0 saturated carbocycles. The predicted octanol–water partition coefficient (Wildman–Crippen LogP) is 0.850. The average Bonchev–Trinajstić information content (AvgIpc) is 2.46. The van der Waals surface area contributed by atoms with Crippen LogP contribution in [-0.4, -0.2) is 20.7 Å². The van der Waals surface area contributed by atoms with E-state index < -0.39 is 0 Å². The van der Waals surface area contributed by atoms with E-state index in [0.717, 1.165) is 5.56 Å². The Hall–Kier alpha value is -1.71. The topological polar surface area (TPSA) is 47.3 Å². The third kappa shape index (κ3) is 0.972. The maximum atomic E-state index is 10.4. The molecule has 0 aromatic carbocycles. The summed E-state index contributed by atoms with van der Waals surface area (Å²) >= 11 is 0. The van der Waals surface area contributed by atoms with Crippen LogP contribution in [0.2, 0.25) is 0 Å². The summed E-state index contributed by atoms with van der Waals surface area (Å²) in [4.78, 5) is 18.4. The highest BCUT2D eigenvalue weighted by Gasteiger charge is 1.99. The molecular formula is C8H7N3O. The Kier molecular flexibility index (Phi) is 1.40. The third-order valence-corrected chi connectivity index (χ3v) is 1.58. The molecular weight excluding hydrogens is 154 g/mol. The van der Waals surface area contributed by atoms with E-state index in [-0.39, 0.29) is 0 Å². The molecule has 2 heterocycles. The number of carbonyl (C=O) groups is 1. The fourth-order valence-corrected chi connectivity index (χ4v) is 1.06. The minimum Gasteiger partial charge on any atom is -0.296 e. The number of fused-ring (bicyclic) bond motifs is 1. The van der Waals surface area contributed by atoms with Gasteiger partial charge in [-0.1, -0.05) is 0 Å². The van der Waals surface area contributed by atoms with Crippen LogP contribution in [-0.2, 0) is 0 Å². The van der Waals surface area contributed by atoms with Crippen molar-refractivity contribution in [3.8, 4) is 0 Å². The van der Waals surface area contributed by atoms with Crippen LogP contribution in [0.4, 0.5) is 0 Å². The summed E-state index contributed by atoms with van der Waals surface area (Å²) < 4.78 is 1.74. The molecule has 0 aliphatic heterocycles. The molecule has 0 aliphatic carbocycles. The van der Waals surface area contributed by atoms with Gasteiger partial charge in [0.05, 0.1) is 0 Å². The highest BCUT2D eigenvalue weighted by molar-refractivity contribution is 5.72. The summed E-state index contributed by atoms with van der Waals surface area (Å²) in [5.41, 5.74) is 1.45. The van der Waals surface area contributed by atoms with Crippen LogP contribution in [0.3, 0.4) is 0 Å². The van der Waals surface area contributed by atoms with E-state index in [2.05, 4.69) is 9.97 Å². The standard InChI is InChI=1S/C8H7N3O/c1-6-2-9-8-10-7(5-12)4-11(8)3-6/h2-5H,1H3. The Balaban J connectivity index is 2.75. The van der Waals surface area contributed by atoms with Crippen molar-refractivity contribution in [2.75, 3.05) is 0 Å². The van der Waals surface area contributed by atoms with Gasteiger partial charge in [-0.25, -0.2) is 9.97 Å². The smallest absolute Gasteiger partial charge is 0.234 e. The van der Waals surface area contributed by atoms with Crippen molar-refractivity contribution in [1.82, 2.24) is 14.4 Å². The predicted molar refractivity (Wildman–Crippen MR) is 43.1 cm³/mol. The van der Waals surface area contributed by atoms with Gasteiger partial charge >= 0.3 is 0 Å². The summed E-state index contributed by atoms with van der Waals surface area (Å²) in [6.07, 6.45) is 5.96. The SMILES string of the molecule is Cc1cnc2nc(C=O)cn2c1. The van der Waals surface area contributed by atoms with Crippen molar-refractivity contribution in [2.45, 2.75) is 6.92 Å². The second kappa shape index (κ2) is 2.41. The van der Waals surface area contributed by atoms with Crippen LogP contribution >= 0.6 is 0 Å². The number of rotatable bonds is 1. The van der Waals surface area contributed by atoms with Crippen molar-refractivity contribution in [3.05, 3.63) is 29.8 Å². The molecule has 2 aromatic heterocycles. The van der Waals surface area contributed by atoms with Gasteiger partial charge in [0.25, 0.3) is 0 Å². The van der Waals surface area contributed by atoms with E-state index >= 15 is 0 Å². The second-order valence-corrected chi connectivity index (χ2v) is 2.62. The number of aromatic nitrogens is 3. The van der Waals surface area contributed by atoms with Gasteiger partial charge in [0.2, 0.25) is 5.78 Å². The summed E-state index contributed by atoms with van der Waals surface area (Å²) in [5.74, 6) is 0.558. The summed E-state index contributed by atoms with van der Waals surface area (Å²) in [6, 6.07) is 0. The number of hydrogen-bond acceptors (Lipinski definition) is 3. The number of carbonyl (C=O) groups excluding carboxylic acids is 1. The molecule has 60 valence electrons. The molecule has 0 fully saturated rings. The molecule has 0 spiro atoms. The highest BCUT2D eigenvalue weighted by atomic mass is 16.1. The molecule has 0 unspecified atom stereocenters. The first kappa shape index (κ1) is 6.97. The van der Waals surface area contributed by atoms with Crippen molar-refractivity contribution in [2.24, 2.45) is 0 Å². The largest absolute Gasteiger partial charge is 0.296 e. The third-order valence-electron chi connectivity index (χ3n) is 1.58. The first-order chi connectivity index (χ1) is 5.79. The molecule has 2 aromatic rings. The van der Waals surface area contributed by atoms with Crippen LogP contribution in [0.25, 0.3) is 5.78 Å². The van der Waals surface area contributed by atoms with E-state index in [4.69, 9.17) is 0 Å². The normalized spacial score (nSPS) is 10.4. The van der Waals surface area contributed by atoms with Gasteiger partial charge in [0.1, 0.15) is 5.69 Å². The molecule has 0 amide bonds. The number of aldehydes is 1. The second-order valence-electron chi connectivity index (χ2n) is 2.62. The highest BCUT2D eigenvalue weighted by Crippen LogP contribution is 2.01. The Morgan fingerprint density at radius 1 is 1.50 bits per heavy atom. The van der Waals surface area contributed by atoms with Crippen molar-refractivity contribution >= 4 is 12.1 Å². The fraction of sp³-hybridized carbons (Fsp3) is 0.125. The molecule has 0 atom stereocenters. The van der Waals surface area contributed by atoms with Crippen molar-refractivity contribution in [1.29, 1.82) is 0 Å². The molecule has 2 rings (SSSR count). The number of hydrogen-bond donors (Lipinski definition) is 0. The minimum absolute atomic E-state index is 0.410. The van der Waals surface area contributed by atoms with Crippen LogP contribution in [0.15, 0.2) is 18.6 Å². The Morgan fingerprint density at radius 2 is 2.33 bits per heavy atom. The van der Waals surface area contributed by atoms with E-state index in [1.165, 1.54) is 0 Å². The Labute approximate surface area is 68.9 Å². The zero-order chi connectivity index (χ0) is 8.55. The molecule has 4 nitrogen and oxygen atoms in total. The molecule has 0 radical (unpaired) electrons. The van der Waals surface area contributed by atoms with E-state index in [1.807, 2.05) is 13.1 Å². The van der Waals surface area contributed by atoms with Crippen molar-refractivity contribution < 1.29 is 4.79 Å². The van der Waals surface area contributed by atoms with Crippen LogP contribution < -0.4 is 0 Å². The van der Waals surface area contributed by atoms with Crippen LogP contribution in [0, 0.1) is 6.92 Å². The zero-order valence-corrected chi connectivity index (χ0v) is 6.56. The number of imidazole rings is 1. The van der Waals surface area contributed by atoms with E-state index in [1.54, 1.807) is 16.8 Å². The van der Waals surface area contributed by atoms with Gasteiger partial charge in [0, 0.05) is 18.6 Å². The number of nitrogens with zero attached hydrogens (tertiary/aromatic N) is 3. The van der Waals surface area contributed by atoms with Gasteiger partial charge in [-0.2, -0.15) is 0 Å². The fourth-order valence-electron chi connectivity index (χ4n) is 1.06. The molecule has 0 N–H and O–H groups in total. The minimum atomic E-state index is 0.410. The Morgan fingerprint density at radius 3 is 3.08 bits per heavy atom. The molecule has 0 bridgehead atoms. The maximum Gasteiger partial charge on any atom is 0.234 e. The van der Waals surface area contributed by atoms with Gasteiger partial charge < -0.3 is 0 Å². The summed E-state index contributed by atoms with van der Waals surface area (Å²) in [6.45, 7) is 1.94. The van der Waals surface area contributed by atoms with Gasteiger partial charge in [0.15, 0.2) is 6.29 Å². The lowest BCUT2D eigenvalue weighted by Gasteiger charge is -1.91. The quantitative estimate of drug-likeness (QED) is 0.582. The van der Waals surface area contributed by atoms with Gasteiger partial charge in [-0.05, 0) is 12.5 Å². The molecule has 4 heteroatoms. The lowest BCUT2D eigenvalue weighted by atomic mass is 10.4. The Bertz CT molecular complexity index is 433. The lowest BCUT2D eigenvalue weighted by Crippen LogP contribution is -1.87. The first-order valence-electron chi connectivity index (χ1n) is 3.56. The molecule has 0 aliphatic rings. The lowest BCUT2D eigenvalue weighted by molar-refractivity contribution is 0.111. The van der Waals surface area contributed by atoms with E-state index in [9.17, 15) is 4.79 Å². The average molecular weight is 161 g/mol. The monoisotopic (exact) mass is 161 g/mol. The van der Waals surface area contributed by atoms with Crippen molar-refractivity contribution in [3.63, 3.8) is 0 Å². The molecule has 0 saturated heterocycles. The zero-order valence-electron chi connectivity index (χ0n) is 6.56. The van der Waals surface area contributed by atoms with Gasteiger partial charge in [-0.15, -0.1) is 0 Å². The van der Waals surface area contributed by atoms with Gasteiger partial charge in [-0.3, -0.25) is 9.20 Å². The summed E-state index contributed by atoms with van der Waals surface area (Å²) in [7, 11) is 0. The maximum absolute atomic E-state index is 10.4. The first-order valence-corrected chi connectivity index (χ1v) is 3.56. The summed E-state index contributed by atoms with van der Waals surface area (Å²) in [5, 5.41) is 0. The van der Waals surface area contributed by atoms with Crippen LogP contribution in [0.5, 0.6) is 0 Å². The van der Waals surface area contributed by atoms with E-state index in [0.29, 0.717) is 17.8 Å². The van der Waals surface area contributed by atoms with Crippen LogP contribution in [0.1, 0.15) is 16.1 Å². The number of aryl methyl sites for hydroxylation is 1. The molecule has 12 heavy (non-hydrogen) atoms.